The van der Waals surface area contributed by atoms with Crippen LogP contribution < -0.4 is 38.9 Å². The maximum absolute atomic E-state index is 13.1. The molecule has 0 amide bonds. The average Bonchev–Trinajstić information content (AvgIpc) is 3.06. The van der Waals surface area contributed by atoms with E-state index in [2.05, 4.69) is 6.07 Å². The Morgan fingerprint density at radius 1 is 0.841 bits per heavy atom. The van der Waals surface area contributed by atoms with Crippen LogP contribution in [-0.4, -0.2) is 34.4 Å². The van der Waals surface area contributed by atoms with E-state index >= 15 is 0 Å². The number of carbonyl (C=O) groups is 1. The quantitative estimate of drug-likeness (QED) is 0.179. The molecular formula is C34H30N2O8. The molecule has 44 heavy (non-hydrogen) atoms. The van der Waals surface area contributed by atoms with E-state index in [0.29, 0.717) is 46.7 Å². The van der Waals surface area contributed by atoms with E-state index in [4.69, 9.17) is 38.9 Å². The number of nitriles is 1. The Labute approximate surface area is 254 Å². The van der Waals surface area contributed by atoms with E-state index in [1.165, 1.54) is 33.5 Å². The smallest absolute Gasteiger partial charge is 0.343 e. The molecule has 1 aliphatic heterocycles. The fourth-order valence-corrected chi connectivity index (χ4v) is 4.93. The second-order valence-corrected chi connectivity index (χ2v) is 9.61. The molecule has 0 bridgehead atoms. The lowest BCUT2D eigenvalue weighted by molar-refractivity contribution is 0.0733. The van der Waals surface area contributed by atoms with Crippen LogP contribution in [0.25, 0.3) is 0 Å². The van der Waals surface area contributed by atoms with Gasteiger partial charge in [-0.2, -0.15) is 5.26 Å². The molecule has 10 heteroatoms. The number of benzene rings is 4. The zero-order valence-electron chi connectivity index (χ0n) is 24.6. The van der Waals surface area contributed by atoms with Gasteiger partial charge in [0.15, 0.2) is 23.0 Å². The molecule has 0 aromatic heterocycles. The van der Waals surface area contributed by atoms with Crippen LogP contribution in [0.5, 0.6) is 40.2 Å². The van der Waals surface area contributed by atoms with Crippen LogP contribution in [0.3, 0.4) is 0 Å². The summed E-state index contributed by atoms with van der Waals surface area (Å²) in [5.74, 6) is 1.28. The van der Waals surface area contributed by atoms with Gasteiger partial charge >= 0.3 is 5.97 Å². The zero-order valence-corrected chi connectivity index (χ0v) is 24.6. The highest BCUT2D eigenvalue weighted by molar-refractivity contribution is 5.92. The molecular weight excluding hydrogens is 564 g/mol. The first kappa shape index (κ1) is 29.7. The van der Waals surface area contributed by atoms with E-state index in [1.807, 2.05) is 42.5 Å². The van der Waals surface area contributed by atoms with Crippen molar-refractivity contribution < 1.29 is 38.0 Å². The molecule has 1 aliphatic rings. The number of methoxy groups -OCH3 is 4. The van der Waals surface area contributed by atoms with Crippen molar-refractivity contribution in [3.05, 3.63) is 113 Å². The number of rotatable bonds is 10. The van der Waals surface area contributed by atoms with E-state index in [0.717, 1.165) is 11.1 Å². The van der Waals surface area contributed by atoms with Crippen molar-refractivity contribution in [2.24, 2.45) is 5.73 Å². The molecule has 5 rings (SSSR count). The van der Waals surface area contributed by atoms with Crippen LogP contribution in [-0.2, 0) is 6.61 Å². The van der Waals surface area contributed by atoms with Gasteiger partial charge in [-0.25, -0.2) is 4.79 Å². The number of allylic oxidation sites excluding steroid dienone is 1. The van der Waals surface area contributed by atoms with Crippen LogP contribution in [0.4, 0.5) is 0 Å². The molecule has 10 nitrogen and oxygen atoms in total. The van der Waals surface area contributed by atoms with Crippen LogP contribution in [0, 0.1) is 11.3 Å². The number of nitrogens with zero attached hydrogens (tertiary/aromatic N) is 1. The summed E-state index contributed by atoms with van der Waals surface area (Å²) in [7, 11) is 5.94. The highest BCUT2D eigenvalue weighted by atomic mass is 16.5. The minimum absolute atomic E-state index is 0.0542. The van der Waals surface area contributed by atoms with Gasteiger partial charge in [0.25, 0.3) is 0 Å². The summed E-state index contributed by atoms with van der Waals surface area (Å²) in [6.07, 6.45) is 0. The van der Waals surface area contributed by atoms with Gasteiger partial charge in [-0.3, -0.25) is 0 Å². The van der Waals surface area contributed by atoms with Crippen LogP contribution >= 0.6 is 0 Å². The molecule has 4 aromatic rings. The maximum Gasteiger partial charge on any atom is 0.343 e. The van der Waals surface area contributed by atoms with Crippen LogP contribution in [0.1, 0.15) is 33.0 Å². The number of fused-ring (bicyclic) bond motifs is 1. The van der Waals surface area contributed by atoms with Crippen molar-refractivity contribution >= 4 is 5.97 Å². The largest absolute Gasteiger partial charge is 0.493 e. The van der Waals surface area contributed by atoms with Crippen molar-refractivity contribution in [2.75, 3.05) is 28.4 Å². The van der Waals surface area contributed by atoms with Gasteiger partial charge in [0.05, 0.1) is 39.9 Å². The Morgan fingerprint density at radius 2 is 1.55 bits per heavy atom. The lowest BCUT2D eigenvalue weighted by atomic mass is 9.83. The normalized spacial score (nSPS) is 13.6. The average molecular weight is 595 g/mol. The van der Waals surface area contributed by atoms with Crippen molar-refractivity contribution in [3.63, 3.8) is 0 Å². The molecule has 0 fully saturated rings. The number of esters is 1. The van der Waals surface area contributed by atoms with Crippen molar-refractivity contribution in [2.45, 2.75) is 12.5 Å². The van der Waals surface area contributed by atoms with E-state index in [9.17, 15) is 10.1 Å². The van der Waals surface area contributed by atoms with Crippen molar-refractivity contribution in [3.8, 4) is 46.3 Å². The molecule has 1 heterocycles. The molecule has 1 atom stereocenters. The first-order valence-corrected chi connectivity index (χ1v) is 13.5. The van der Waals surface area contributed by atoms with Gasteiger partial charge in [-0.05, 0) is 41.5 Å². The standard InChI is InChI=1S/C34H30N2O8/c1-38-28-14-21(10-13-26(28)42-19-20-8-6-5-7-9-20)31-24-12-11-23(17-27(24)44-33(36)25(31)18-35)43-34(37)22-15-29(39-2)32(41-4)30(16-22)40-3/h5-17,31H,19,36H2,1-4H3. The molecule has 0 spiro atoms. The highest BCUT2D eigenvalue weighted by Gasteiger charge is 2.32. The number of hydrogen-bond acceptors (Lipinski definition) is 10. The van der Waals surface area contributed by atoms with Crippen LogP contribution in [0.2, 0.25) is 0 Å². The third kappa shape index (κ3) is 5.89. The van der Waals surface area contributed by atoms with Gasteiger partial charge in [0.2, 0.25) is 11.6 Å². The minimum Gasteiger partial charge on any atom is -0.493 e. The van der Waals surface area contributed by atoms with E-state index < -0.39 is 11.9 Å². The third-order valence-electron chi connectivity index (χ3n) is 7.06. The first-order valence-electron chi connectivity index (χ1n) is 13.5. The lowest BCUT2D eigenvalue weighted by Crippen LogP contribution is -2.21. The zero-order chi connectivity index (χ0) is 31.2. The minimum atomic E-state index is -0.659. The number of nitrogens with two attached hydrogens (primary N) is 1. The molecule has 0 saturated heterocycles. The van der Waals surface area contributed by atoms with Gasteiger partial charge in [-0.1, -0.05) is 42.5 Å². The Balaban J connectivity index is 1.43. The molecule has 4 aromatic carbocycles. The number of carbonyl (C=O) groups excluding carboxylic acids is 1. The van der Waals surface area contributed by atoms with Gasteiger partial charge < -0.3 is 38.9 Å². The summed E-state index contributed by atoms with van der Waals surface area (Å²) in [6.45, 7) is 0.366. The number of ether oxygens (including phenoxy) is 7. The molecule has 0 aliphatic carbocycles. The second kappa shape index (κ2) is 13.0. The Hall–Kier alpha value is -5.82. The van der Waals surface area contributed by atoms with Gasteiger partial charge in [0.1, 0.15) is 29.7 Å². The fourth-order valence-electron chi connectivity index (χ4n) is 4.93. The summed E-state index contributed by atoms with van der Waals surface area (Å²) in [5.41, 5.74) is 9.04. The summed E-state index contributed by atoms with van der Waals surface area (Å²) < 4.78 is 39.1. The Morgan fingerprint density at radius 3 is 2.18 bits per heavy atom. The highest BCUT2D eigenvalue weighted by Crippen LogP contribution is 2.45. The molecule has 0 saturated carbocycles. The Bertz CT molecular complexity index is 1740. The van der Waals surface area contributed by atoms with Crippen LogP contribution in [0.15, 0.2) is 90.3 Å². The van der Waals surface area contributed by atoms with E-state index in [-0.39, 0.29) is 22.8 Å². The predicted octanol–water partition coefficient (Wildman–Crippen LogP) is 5.74. The second-order valence-electron chi connectivity index (χ2n) is 9.61. The maximum atomic E-state index is 13.1. The summed E-state index contributed by atoms with van der Waals surface area (Å²) in [4.78, 5) is 13.1. The van der Waals surface area contributed by atoms with Gasteiger partial charge in [0, 0.05) is 11.6 Å². The number of hydrogen-bond donors (Lipinski definition) is 1. The summed E-state index contributed by atoms with van der Waals surface area (Å²) in [6, 6.07) is 25.3. The van der Waals surface area contributed by atoms with Crippen molar-refractivity contribution in [1.29, 1.82) is 5.26 Å². The topological polar surface area (TPSA) is 131 Å². The molecule has 224 valence electrons. The monoisotopic (exact) mass is 594 g/mol. The SMILES string of the molecule is COc1cc(C2C(C#N)=C(N)Oc3cc(OC(=O)c4cc(OC)c(OC)c(OC)c4)ccc32)ccc1OCc1ccccc1. The predicted molar refractivity (Wildman–Crippen MR) is 161 cm³/mol. The summed E-state index contributed by atoms with van der Waals surface area (Å²) >= 11 is 0. The molecule has 2 N–H and O–H groups in total. The Kier molecular flexibility index (Phi) is 8.77. The lowest BCUT2D eigenvalue weighted by Gasteiger charge is -2.27. The van der Waals surface area contributed by atoms with Crippen molar-refractivity contribution in [1.82, 2.24) is 0 Å². The fraction of sp³-hybridized carbons (Fsp3) is 0.176. The van der Waals surface area contributed by atoms with E-state index in [1.54, 1.807) is 31.4 Å². The molecule has 1 unspecified atom stereocenters. The first-order chi connectivity index (χ1) is 21.4. The van der Waals surface area contributed by atoms with Gasteiger partial charge in [-0.15, -0.1) is 0 Å². The third-order valence-corrected chi connectivity index (χ3v) is 7.06. The molecule has 0 radical (unpaired) electrons. The summed E-state index contributed by atoms with van der Waals surface area (Å²) in [5, 5.41) is 10.0.